The summed E-state index contributed by atoms with van der Waals surface area (Å²) in [7, 11) is 1.46. The van der Waals surface area contributed by atoms with Crippen LogP contribution in [0, 0.1) is 12.7 Å². The lowest BCUT2D eigenvalue weighted by molar-refractivity contribution is 0.386. The van der Waals surface area contributed by atoms with E-state index in [1.807, 2.05) is 32.2 Å². The van der Waals surface area contributed by atoms with Gasteiger partial charge in [-0.25, -0.2) is 4.39 Å². The van der Waals surface area contributed by atoms with Gasteiger partial charge in [-0.2, -0.15) is 0 Å². The second-order valence-electron chi connectivity index (χ2n) is 6.07. The second-order valence-corrected chi connectivity index (χ2v) is 6.07. The zero-order valence-electron chi connectivity index (χ0n) is 16.3. The quantitative estimate of drug-likeness (QED) is 0.353. The first-order chi connectivity index (χ1) is 12.5. The number of nitrogens with one attached hydrogen (secondary N) is 2. The number of methoxy groups -OCH3 is 1. The predicted molar refractivity (Wildman–Crippen MR) is 119 cm³/mol. The summed E-state index contributed by atoms with van der Waals surface area (Å²) < 4.78 is 18.9. The molecule has 1 aromatic carbocycles. The first-order valence-corrected chi connectivity index (χ1v) is 8.83. The van der Waals surface area contributed by atoms with E-state index in [4.69, 9.17) is 4.74 Å². The molecule has 0 aliphatic rings. The van der Waals surface area contributed by atoms with Crippen LogP contribution in [-0.4, -0.2) is 31.1 Å². The lowest BCUT2D eigenvalue weighted by atomic mass is 10.1. The Labute approximate surface area is 177 Å². The normalized spacial score (nSPS) is 12.1. The maximum atomic E-state index is 13.9. The number of ether oxygens (including phenoxy) is 1. The maximum absolute atomic E-state index is 13.9. The molecule has 0 spiro atoms. The van der Waals surface area contributed by atoms with E-state index in [0.29, 0.717) is 12.5 Å². The molecule has 5 nitrogen and oxygen atoms in total. The van der Waals surface area contributed by atoms with E-state index in [1.165, 1.54) is 24.3 Å². The fourth-order valence-electron chi connectivity index (χ4n) is 2.63. The van der Waals surface area contributed by atoms with Crippen molar-refractivity contribution in [2.75, 3.05) is 20.2 Å². The molecule has 7 heteroatoms. The Morgan fingerprint density at radius 1 is 1.33 bits per heavy atom. The molecule has 0 amide bonds. The molecule has 0 fully saturated rings. The van der Waals surface area contributed by atoms with Crippen LogP contribution >= 0.6 is 24.0 Å². The van der Waals surface area contributed by atoms with Crippen LogP contribution in [0.5, 0.6) is 5.75 Å². The second kappa shape index (κ2) is 11.7. The molecular weight excluding hydrogens is 458 g/mol. The smallest absolute Gasteiger partial charge is 0.191 e. The molecule has 1 atom stereocenters. The summed E-state index contributed by atoms with van der Waals surface area (Å²) in [5, 5.41) is 6.55. The van der Waals surface area contributed by atoms with Crippen molar-refractivity contribution in [1.29, 1.82) is 0 Å². The molecule has 148 valence electrons. The van der Waals surface area contributed by atoms with Crippen molar-refractivity contribution in [2.24, 2.45) is 4.99 Å². The summed E-state index contributed by atoms with van der Waals surface area (Å²) >= 11 is 0. The van der Waals surface area contributed by atoms with Gasteiger partial charge in [-0.05, 0) is 62.1 Å². The number of hydrogen-bond acceptors (Lipinski definition) is 3. The van der Waals surface area contributed by atoms with Crippen LogP contribution in [0.15, 0.2) is 41.7 Å². The van der Waals surface area contributed by atoms with E-state index < -0.39 is 0 Å². The highest BCUT2D eigenvalue weighted by Crippen LogP contribution is 2.21. The SMILES string of the molecule is CCNC(=NCCc1ccncc1C)NC(C)c1ccc(OC)c(F)c1.I. The van der Waals surface area contributed by atoms with Gasteiger partial charge in [0.15, 0.2) is 17.5 Å². The summed E-state index contributed by atoms with van der Waals surface area (Å²) in [5.41, 5.74) is 3.24. The standard InChI is InChI=1S/C20H27FN4O.HI/c1-5-23-20(24-11-9-16-8-10-22-13-14(16)2)25-15(3)17-6-7-19(26-4)18(21)12-17;/h6-8,10,12-13,15H,5,9,11H2,1-4H3,(H2,23,24,25);1H. The molecule has 0 bridgehead atoms. The lowest BCUT2D eigenvalue weighted by Crippen LogP contribution is -2.38. The van der Waals surface area contributed by atoms with Gasteiger partial charge >= 0.3 is 0 Å². The largest absolute Gasteiger partial charge is 0.494 e. The number of hydrogen-bond donors (Lipinski definition) is 2. The number of nitrogens with zero attached hydrogens (tertiary/aromatic N) is 2. The number of guanidine groups is 1. The van der Waals surface area contributed by atoms with Gasteiger partial charge in [-0.1, -0.05) is 6.07 Å². The Hall–Kier alpha value is -1.90. The van der Waals surface area contributed by atoms with Gasteiger partial charge < -0.3 is 15.4 Å². The highest BCUT2D eigenvalue weighted by molar-refractivity contribution is 14.0. The third-order valence-electron chi connectivity index (χ3n) is 4.16. The van der Waals surface area contributed by atoms with Crippen molar-refractivity contribution in [1.82, 2.24) is 15.6 Å². The third-order valence-corrected chi connectivity index (χ3v) is 4.16. The molecule has 27 heavy (non-hydrogen) atoms. The van der Waals surface area contributed by atoms with Crippen LogP contribution in [-0.2, 0) is 6.42 Å². The number of pyridine rings is 1. The molecule has 0 aliphatic heterocycles. The Bertz CT molecular complexity index is 755. The van der Waals surface area contributed by atoms with Gasteiger partial charge in [-0.15, -0.1) is 24.0 Å². The number of rotatable bonds is 7. The van der Waals surface area contributed by atoms with E-state index in [2.05, 4.69) is 27.5 Å². The molecule has 2 rings (SSSR count). The Morgan fingerprint density at radius 3 is 2.74 bits per heavy atom. The number of halogens is 2. The Balaban J connectivity index is 0.00000364. The van der Waals surface area contributed by atoms with E-state index in [0.717, 1.165) is 18.5 Å². The molecule has 0 saturated carbocycles. The molecule has 2 aromatic rings. The molecule has 0 saturated heterocycles. The molecular formula is C20H28FIN4O. The average molecular weight is 486 g/mol. The highest BCUT2D eigenvalue weighted by Gasteiger charge is 2.11. The number of aliphatic imine (C=N–C) groups is 1. The van der Waals surface area contributed by atoms with Gasteiger partial charge in [0.2, 0.25) is 0 Å². The average Bonchev–Trinajstić information content (AvgIpc) is 2.63. The molecule has 1 heterocycles. The molecule has 1 aromatic heterocycles. The summed E-state index contributed by atoms with van der Waals surface area (Å²) in [5.74, 6) is 0.589. The van der Waals surface area contributed by atoms with Crippen molar-refractivity contribution >= 4 is 29.9 Å². The van der Waals surface area contributed by atoms with Gasteiger partial charge in [0.25, 0.3) is 0 Å². The summed E-state index contributed by atoms with van der Waals surface area (Å²) in [6.45, 7) is 7.45. The first-order valence-electron chi connectivity index (χ1n) is 8.83. The van der Waals surface area contributed by atoms with Crippen LogP contribution < -0.4 is 15.4 Å². The van der Waals surface area contributed by atoms with Gasteiger partial charge in [0.1, 0.15) is 0 Å². The first kappa shape index (κ1) is 23.1. The maximum Gasteiger partial charge on any atom is 0.191 e. The Kier molecular flexibility index (Phi) is 10.1. The third kappa shape index (κ3) is 6.97. The molecule has 1 unspecified atom stereocenters. The Morgan fingerprint density at radius 2 is 2.11 bits per heavy atom. The molecule has 2 N–H and O–H groups in total. The van der Waals surface area contributed by atoms with Crippen LogP contribution in [0.1, 0.15) is 36.6 Å². The predicted octanol–water partition coefficient (Wildman–Crippen LogP) is 4.01. The van der Waals surface area contributed by atoms with Crippen molar-refractivity contribution in [3.05, 3.63) is 59.2 Å². The fourth-order valence-corrected chi connectivity index (χ4v) is 2.63. The van der Waals surface area contributed by atoms with Gasteiger partial charge in [0.05, 0.1) is 13.2 Å². The minimum absolute atomic E-state index is 0. The molecule has 0 aliphatic carbocycles. The van der Waals surface area contributed by atoms with Crippen molar-refractivity contribution in [3.8, 4) is 5.75 Å². The van der Waals surface area contributed by atoms with Crippen molar-refractivity contribution in [2.45, 2.75) is 33.2 Å². The summed E-state index contributed by atoms with van der Waals surface area (Å²) in [6, 6.07) is 6.91. The molecule has 0 radical (unpaired) electrons. The van der Waals surface area contributed by atoms with E-state index >= 15 is 0 Å². The highest BCUT2D eigenvalue weighted by atomic mass is 127. The van der Waals surface area contributed by atoms with E-state index in [-0.39, 0.29) is 41.6 Å². The van der Waals surface area contributed by atoms with Crippen molar-refractivity contribution in [3.63, 3.8) is 0 Å². The monoisotopic (exact) mass is 486 g/mol. The number of benzene rings is 1. The van der Waals surface area contributed by atoms with Crippen LogP contribution in [0.25, 0.3) is 0 Å². The minimum Gasteiger partial charge on any atom is -0.494 e. The van der Waals surface area contributed by atoms with Crippen LogP contribution in [0.3, 0.4) is 0 Å². The zero-order valence-corrected chi connectivity index (χ0v) is 18.6. The fraction of sp³-hybridized carbons (Fsp3) is 0.400. The minimum atomic E-state index is -0.367. The summed E-state index contributed by atoms with van der Waals surface area (Å²) in [4.78, 5) is 8.74. The number of aryl methyl sites for hydroxylation is 1. The zero-order chi connectivity index (χ0) is 18.9. The topological polar surface area (TPSA) is 58.5 Å². The number of aromatic nitrogens is 1. The lowest BCUT2D eigenvalue weighted by Gasteiger charge is -2.19. The van der Waals surface area contributed by atoms with Gasteiger partial charge in [-0.3, -0.25) is 9.98 Å². The van der Waals surface area contributed by atoms with Crippen LogP contribution in [0.2, 0.25) is 0 Å². The van der Waals surface area contributed by atoms with E-state index in [9.17, 15) is 4.39 Å². The van der Waals surface area contributed by atoms with Gasteiger partial charge in [0, 0.05) is 25.5 Å². The van der Waals surface area contributed by atoms with E-state index in [1.54, 1.807) is 12.3 Å². The van der Waals surface area contributed by atoms with Crippen molar-refractivity contribution < 1.29 is 9.13 Å². The van der Waals surface area contributed by atoms with Crippen LogP contribution in [0.4, 0.5) is 4.39 Å². The summed E-state index contributed by atoms with van der Waals surface area (Å²) in [6.07, 6.45) is 4.51.